The molecule has 2 aromatic heterocycles. The van der Waals surface area contributed by atoms with Crippen LogP contribution in [0.2, 0.25) is 5.02 Å². The summed E-state index contributed by atoms with van der Waals surface area (Å²) in [6, 6.07) is 12.2. The summed E-state index contributed by atoms with van der Waals surface area (Å²) in [4.78, 5) is 20.5. The van der Waals surface area contributed by atoms with Crippen molar-refractivity contribution in [3.63, 3.8) is 0 Å². The summed E-state index contributed by atoms with van der Waals surface area (Å²) in [5, 5.41) is 8.29. The van der Waals surface area contributed by atoms with E-state index in [2.05, 4.69) is 20.6 Å². The van der Waals surface area contributed by atoms with Crippen molar-refractivity contribution >= 4 is 39.8 Å². The third kappa shape index (κ3) is 3.60. The van der Waals surface area contributed by atoms with Gasteiger partial charge >= 0.3 is 6.03 Å². The molecule has 0 aliphatic heterocycles. The highest BCUT2D eigenvalue weighted by Crippen LogP contribution is 2.23. The molecule has 0 bridgehead atoms. The van der Waals surface area contributed by atoms with Crippen LogP contribution in [0.4, 0.5) is 15.6 Å². The number of nitrogens with one attached hydrogen (secondary N) is 2. The third-order valence-electron chi connectivity index (χ3n) is 2.73. The molecule has 0 radical (unpaired) electrons. The van der Waals surface area contributed by atoms with Gasteiger partial charge in [-0.2, -0.15) is 0 Å². The highest BCUT2D eigenvalue weighted by molar-refractivity contribution is 7.14. The van der Waals surface area contributed by atoms with E-state index >= 15 is 0 Å². The summed E-state index contributed by atoms with van der Waals surface area (Å²) in [6.07, 6.45) is 1.70. The molecule has 2 amide bonds. The summed E-state index contributed by atoms with van der Waals surface area (Å²) in [5.41, 5.74) is 2.11. The molecule has 2 N–H and O–H groups in total. The molecule has 7 heteroatoms. The van der Waals surface area contributed by atoms with Crippen LogP contribution in [-0.4, -0.2) is 16.0 Å². The molecule has 5 nitrogen and oxygen atoms in total. The van der Waals surface area contributed by atoms with Crippen molar-refractivity contribution in [3.05, 3.63) is 59.1 Å². The summed E-state index contributed by atoms with van der Waals surface area (Å²) in [5.74, 6) is 0. The number of benzene rings is 1. The number of halogens is 1. The summed E-state index contributed by atoms with van der Waals surface area (Å²) >= 11 is 7.21. The molecule has 0 unspecified atom stereocenters. The molecule has 3 aromatic rings. The van der Waals surface area contributed by atoms with E-state index in [0.29, 0.717) is 15.8 Å². The number of thiazole rings is 1. The van der Waals surface area contributed by atoms with Crippen LogP contribution < -0.4 is 10.6 Å². The van der Waals surface area contributed by atoms with E-state index in [1.54, 1.807) is 30.5 Å². The van der Waals surface area contributed by atoms with Crippen molar-refractivity contribution in [2.45, 2.75) is 0 Å². The Labute approximate surface area is 136 Å². The largest absolute Gasteiger partial charge is 0.325 e. The predicted molar refractivity (Wildman–Crippen MR) is 89.4 cm³/mol. The molecule has 2 heterocycles. The number of pyridine rings is 1. The molecule has 1 aromatic carbocycles. The van der Waals surface area contributed by atoms with Gasteiger partial charge in [-0.3, -0.25) is 10.3 Å². The van der Waals surface area contributed by atoms with E-state index in [-0.39, 0.29) is 6.03 Å². The summed E-state index contributed by atoms with van der Waals surface area (Å²) in [7, 11) is 0. The molecular formula is C15H11ClN4OS. The second kappa shape index (κ2) is 6.55. The predicted octanol–water partition coefficient (Wildman–Crippen LogP) is 4.50. The van der Waals surface area contributed by atoms with Gasteiger partial charge in [0.05, 0.1) is 5.69 Å². The smallest absolute Gasteiger partial charge is 0.308 e. The van der Waals surface area contributed by atoms with E-state index in [9.17, 15) is 4.79 Å². The topological polar surface area (TPSA) is 66.9 Å². The van der Waals surface area contributed by atoms with Gasteiger partial charge in [0.2, 0.25) is 0 Å². The van der Waals surface area contributed by atoms with Crippen LogP contribution in [0, 0.1) is 0 Å². The van der Waals surface area contributed by atoms with Crippen molar-refractivity contribution in [3.8, 4) is 11.4 Å². The third-order valence-corrected chi connectivity index (χ3v) is 3.73. The van der Waals surface area contributed by atoms with Crippen molar-refractivity contribution in [1.29, 1.82) is 0 Å². The van der Waals surface area contributed by atoms with E-state index < -0.39 is 0 Å². The number of amides is 2. The fourth-order valence-electron chi connectivity index (χ4n) is 1.79. The molecule has 0 saturated carbocycles. The van der Waals surface area contributed by atoms with Gasteiger partial charge in [0.25, 0.3) is 0 Å². The zero-order valence-corrected chi connectivity index (χ0v) is 12.9. The average Bonchev–Trinajstić information content (AvgIpc) is 2.96. The van der Waals surface area contributed by atoms with E-state index in [1.807, 2.05) is 23.6 Å². The molecule has 0 aliphatic rings. The zero-order valence-electron chi connectivity index (χ0n) is 11.3. The quantitative estimate of drug-likeness (QED) is 0.742. The van der Waals surface area contributed by atoms with Gasteiger partial charge in [0.15, 0.2) is 5.13 Å². The Morgan fingerprint density at radius 1 is 1.09 bits per heavy atom. The molecule has 0 saturated heterocycles. The second-order valence-electron chi connectivity index (χ2n) is 4.34. The first kappa shape index (κ1) is 14.5. The monoisotopic (exact) mass is 330 g/mol. The van der Waals surface area contributed by atoms with Gasteiger partial charge in [-0.1, -0.05) is 23.7 Å². The van der Waals surface area contributed by atoms with Crippen LogP contribution in [0.5, 0.6) is 0 Å². The van der Waals surface area contributed by atoms with Crippen molar-refractivity contribution < 1.29 is 4.79 Å². The maximum absolute atomic E-state index is 11.9. The van der Waals surface area contributed by atoms with Crippen LogP contribution >= 0.6 is 22.9 Å². The molecule has 3 rings (SSSR count). The van der Waals surface area contributed by atoms with Crippen molar-refractivity contribution in [2.75, 3.05) is 10.6 Å². The lowest BCUT2D eigenvalue weighted by molar-refractivity contribution is 0.262. The van der Waals surface area contributed by atoms with Gasteiger partial charge in [-0.05, 0) is 30.3 Å². The minimum atomic E-state index is -0.371. The standard InChI is InChI=1S/C15H11ClN4OS/c16-10-4-3-5-11(8-10)18-14(21)20-15-19-13(9-22-15)12-6-1-2-7-17-12/h1-9H,(H2,18,19,20,21). The van der Waals surface area contributed by atoms with E-state index in [1.165, 1.54) is 11.3 Å². The fourth-order valence-corrected chi connectivity index (χ4v) is 2.68. The first-order valence-corrected chi connectivity index (χ1v) is 7.67. The minimum absolute atomic E-state index is 0.371. The van der Waals surface area contributed by atoms with Crippen LogP contribution in [0.15, 0.2) is 54.0 Å². The van der Waals surface area contributed by atoms with Gasteiger partial charge in [-0.15, -0.1) is 11.3 Å². The lowest BCUT2D eigenvalue weighted by Gasteiger charge is -2.05. The molecular weight excluding hydrogens is 320 g/mol. The maximum atomic E-state index is 11.9. The van der Waals surface area contributed by atoms with Crippen molar-refractivity contribution in [1.82, 2.24) is 9.97 Å². The Bertz CT molecular complexity index is 791. The lowest BCUT2D eigenvalue weighted by Crippen LogP contribution is -2.19. The Morgan fingerprint density at radius 2 is 2.00 bits per heavy atom. The number of carbonyl (C=O) groups excluding carboxylic acids is 1. The number of nitrogens with zero attached hydrogens (tertiary/aromatic N) is 2. The molecule has 0 fully saturated rings. The minimum Gasteiger partial charge on any atom is -0.308 e. The number of anilines is 2. The van der Waals surface area contributed by atoms with Gasteiger partial charge in [-0.25, -0.2) is 9.78 Å². The SMILES string of the molecule is O=C(Nc1cccc(Cl)c1)Nc1nc(-c2ccccn2)cs1. The molecule has 22 heavy (non-hydrogen) atoms. The number of hydrogen-bond acceptors (Lipinski definition) is 4. The second-order valence-corrected chi connectivity index (χ2v) is 5.64. The Balaban J connectivity index is 1.66. The van der Waals surface area contributed by atoms with Crippen LogP contribution in [0.1, 0.15) is 0 Å². The van der Waals surface area contributed by atoms with Gasteiger partial charge in [0, 0.05) is 22.3 Å². The fraction of sp³-hybridized carbons (Fsp3) is 0. The van der Waals surface area contributed by atoms with Crippen molar-refractivity contribution in [2.24, 2.45) is 0 Å². The number of urea groups is 1. The maximum Gasteiger partial charge on any atom is 0.325 e. The summed E-state index contributed by atoms with van der Waals surface area (Å²) < 4.78 is 0. The van der Waals surface area contributed by atoms with Crippen LogP contribution in [-0.2, 0) is 0 Å². The Morgan fingerprint density at radius 3 is 2.77 bits per heavy atom. The normalized spacial score (nSPS) is 10.2. The number of hydrogen-bond donors (Lipinski definition) is 2. The first-order valence-electron chi connectivity index (χ1n) is 6.41. The molecule has 110 valence electrons. The number of aromatic nitrogens is 2. The molecule has 0 spiro atoms. The zero-order chi connectivity index (χ0) is 15.4. The molecule has 0 aliphatic carbocycles. The highest BCUT2D eigenvalue weighted by atomic mass is 35.5. The number of carbonyl (C=O) groups is 1. The van der Waals surface area contributed by atoms with E-state index in [4.69, 9.17) is 11.6 Å². The number of rotatable bonds is 3. The van der Waals surface area contributed by atoms with Crippen LogP contribution in [0.3, 0.4) is 0 Å². The Hall–Kier alpha value is -2.44. The highest BCUT2D eigenvalue weighted by Gasteiger charge is 2.08. The van der Waals surface area contributed by atoms with Crippen LogP contribution in [0.25, 0.3) is 11.4 Å². The Kier molecular flexibility index (Phi) is 4.32. The lowest BCUT2D eigenvalue weighted by atomic mass is 10.3. The van der Waals surface area contributed by atoms with E-state index in [0.717, 1.165) is 11.4 Å². The molecule has 0 atom stereocenters. The first-order chi connectivity index (χ1) is 10.7. The van der Waals surface area contributed by atoms with Gasteiger partial charge < -0.3 is 5.32 Å². The average molecular weight is 331 g/mol. The summed E-state index contributed by atoms with van der Waals surface area (Å²) in [6.45, 7) is 0. The van der Waals surface area contributed by atoms with Gasteiger partial charge in [0.1, 0.15) is 5.69 Å².